The highest BCUT2D eigenvalue weighted by Crippen LogP contribution is 2.34. The summed E-state index contributed by atoms with van der Waals surface area (Å²) in [5.41, 5.74) is 0.540. The van der Waals surface area contributed by atoms with Gasteiger partial charge in [0, 0.05) is 12.1 Å². The van der Waals surface area contributed by atoms with E-state index < -0.39 is 22.8 Å². The number of nitrogens with zero attached hydrogens (tertiary/aromatic N) is 2. The summed E-state index contributed by atoms with van der Waals surface area (Å²) in [6, 6.07) is 4.62. The molecule has 1 aromatic carbocycles. The second-order valence-electron chi connectivity index (χ2n) is 4.41. The van der Waals surface area contributed by atoms with Gasteiger partial charge in [-0.25, -0.2) is 4.79 Å². The maximum atomic E-state index is 12.2. The van der Waals surface area contributed by atoms with Crippen LogP contribution in [0.1, 0.15) is 12.5 Å². The maximum absolute atomic E-state index is 12.2. The number of thiocarbonyl (C=S) groups is 1. The van der Waals surface area contributed by atoms with Crippen LogP contribution in [-0.2, 0) is 9.59 Å². The van der Waals surface area contributed by atoms with Crippen molar-refractivity contribution < 1.29 is 19.6 Å². The molecule has 0 aromatic heterocycles. The molecule has 1 unspecified atom stereocenters. The SMILES string of the molecule is CC(C(=O)O)N1C(=O)/C(=C/c2ccc([N+](=O)[O-])cc2)SC1=S. The lowest BCUT2D eigenvalue weighted by molar-refractivity contribution is -0.384. The number of carbonyl (C=O) groups is 2. The molecule has 2 rings (SSSR count). The van der Waals surface area contributed by atoms with Crippen LogP contribution in [-0.4, -0.2) is 37.2 Å². The molecule has 0 spiro atoms. The smallest absolute Gasteiger partial charge is 0.326 e. The molecule has 1 heterocycles. The van der Waals surface area contributed by atoms with E-state index in [4.69, 9.17) is 17.3 Å². The molecule has 0 aliphatic carbocycles. The first kappa shape index (κ1) is 16.1. The van der Waals surface area contributed by atoms with Crippen molar-refractivity contribution in [3.05, 3.63) is 44.8 Å². The minimum atomic E-state index is -1.15. The number of hydrogen-bond acceptors (Lipinski definition) is 6. The molecular formula is C13H10N2O5S2. The molecule has 0 bridgehead atoms. The second-order valence-corrected chi connectivity index (χ2v) is 6.09. The van der Waals surface area contributed by atoms with Gasteiger partial charge in [0.25, 0.3) is 11.6 Å². The van der Waals surface area contributed by atoms with Crippen molar-refractivity contribution >= 4 is 51.9 Å². The molecule has 1 atom stereocenters. The van der Waals surface area contributed by atoms with Gasteiger partial charge >= 0.3 is 5.97 Å². The van der Waals surface area contributed by atoms with Gasteiger partial charge in [0.2, 0.25) is 0 Å². The molecule has 7 nitrogen and oxygen atoms in total. The molecule has 114 valence electrons. The Labute approximate surface area is 134 Å². The van der Waals surface area contributed by atoms with Gasteiger partial charge in [-0.15, -0.1) is 0 Å². The topological polar surface area (TPSA) is 101 Å². The quantitative estimate of drug-likeness (QED) is 0.389. The van der Waals surface area contributed by atoms with Crippen LogP contribution in [0.3, 0.4) is 0 Å². The third-order valence-corrected chi connectivity index (χ3v) is 4.30. The lowest BCUT2D eigenvalue weighted by Crippen LogP contribution is -2.41. The molecule has 22 heavy (non-hydrogen) atoms. The van der Waals surface area contributed by atoms with E-state index in [1.54, 1.807) is 0 Å². The van der Waals surface area contributed by atoms with Gasteiger partial charge in [-0.2, -0.15) is 0 Å². The van der Waals surface area contributed by atoms with Gasteiger partial charge in [-0.3, -0.25) is 19.8 Å². The van der Waals surface area contributed by atoms with Crippen molar-refractivity contribution in [3.8, 4) is 0 Å². The third-order valence-electron chi connectivity index (χ3n) is 2.97. The van der Waals surface area contributed by atoms with Crippen LogP contribution in [0.25, 0.3) is 6.08 Å². The van der Waals surface area contributed by atoms with Crippen molar-refractivity contribution in [2.45, 2.75) is 13.0 Å². The molecule has 0 radical (unpaired) electrons. The first-order valence-electron chi connectivity index (χ1n) is 6.05. The van der Waals surface area contributed by atoms with Gasteiger partial charge in [0.05, 0.1) is 9.83 Å². The number of nitro groups is 1. The van der Waals surface area contributed by atoms with Gasteiger partial charge in [-0.05, 0) is 30.7 Å². The summed E-state index contributed by atoms with van der Waals surface area (Å²) in [7, 11) is 0. The van der Waals surface area contributed by atoms with E-state index in [0.29, 0.717) is 5.56 Å². The van der Waals surface area contributed by atoms with Gasteiger partial charge in [0.15, 0.2) is 0 Å². The fourth-order valence-corrected chi connectivity index (χ4v) is 3.19. The molecule has 1 fully saturated rings. The van der Waals surface area contributed by atoms with Crippen LogP contribution < -0.4 is 0 Å². The predicted octanol–water partition coefficient (Wildman–Crippen LogP) is 2.27. The largest absolute Gasteiger partial charge is 0.480 e. The minimum Gasteiger partial charge on any atom is -0.480 e. The zero-order valence-corrected chi connectivity index (χ0v) is 12.9. The van der Waals surface area contributed by atoms with Crippen LogP contribution in [0.15, 0.2) is 29.2 Å². The first-order valence-corrected chi connectivity index (χ1v) is 7.28. The molecule has 1 aliphatic heterocycles. The number of carbonyl (C=O) groups excluding carboxylic acids is 1. The Kier molecular flexibility index (Phi) is 4.57. The summed E-state index contributed by atoms with van der Waals surface area (Å²) in [4.78, 5) is 34.6. The number of amides is 1. The Morgan fingerprint density at radius 3 is 2.55 bits per heavy atom. The van der Waals surface area contributed by atoms with Crippen molar-refractivity contribution in [1.29, 1.82) is 0 Å². The van der Waals surface area contributed by atoms with E-state index in [-0.39, 0.29) is 14.9 Å². The highest BCUT2D eigenvalue weighted by molar-refractivity contribution is 8.26. The number of non-ortho nitro benzene ring substituents is 1. The van der Waals surface area contributed by atoms with E-state index in [2.05, 4.69) is 0 Å². The van der Waals surface area contributed by atoms with Crippen molar-refractivity contribution in [2.24, 2.45) is 0 Å². The van der Waals surface area contributed by atoms with E-state index in [1.165, 1.54) is 37.3 Å². The van der Waals surface area contributed by atoms with Crippen molar-refractivity contribution in [1.82, 2.24) is 4.90 Å². The average Bonchev–Trinajstić information content (AvgIpc) is 2.73. The fraction of sp³-hybridized carbons (Fsp3) is 0.154. The monoisotopic (exact) mass is 338 g/mol. The van der Waals surface area contributed by atoms with Gasteiger partial charge < -0.3 is 5.11 Å². The lowest BCUT2D eigenvalue weighted by Gasteiger charge is -2.18. The fourth-order valence-electron chi connectivity index (χ4n) is 1.77. The average molecular weight is 338 g/mol. The van der Waals surface area contributed by atoms with Gasteiger partial charge in [0.1, 0.15) is 10.4 Å². The molecule has 9 heteroatoms. The maximum Gasteiger partial charge on any atom is 0.326 e. The van der Waals surface area contributed by atoms with Gasteiger partial charge in [-0.1, -0.05) is 24.0 Å². The van der Waals surface area contributed by atoms with E-state index in [1.807, 2.05) is 0 Å². The Morgan fingerprint density at radius 2 is 2.05 bits per heavy atom. The summed E-state index contributed by atoms with van der Waals surface area (Å²) >= 11 is 6.04. The number of nitro benzene ring substituents is 1. The van der Waals surface area contributed by atoms with E-state index >= 15 is 0 Å². The van der Waals surface area contributed by atoms with Crippen LogP contribution in [0.2, 0.25) is 0 Å². The van der Waals surface area contributed by atoms with E-state index in [0.717, 1.165) is 16.7 Å². The zero-order chi connectivity index (χ0) is 16.4. The van der Waals surface area contributed by atoms with Crippen molar-refractivity contribution in [3.63, 3.8) is 0 Å². The zero-order valence-electron chi connectivity index (χ0n) is 11.3. The number of rotatable bonds is 4. The summed E-state index contributed by atoms with van der Waals surface area (Å²) in [6.45, 7) is 1.38. The van der Waals surface area contributed by atoms with Crippen LogP contribution in [0.4, 0.5) is 5.69 Å². The number of carboxylic acids is 1. The number of carboxylic acid groups (broad SMARTS) is 1. The molecular weight excluding hydrogens is 328 g/mol. The van der Waals surface area contributed by atoms with Crippen LogP contribution >= 0.6 is 24.0 Å². The van der Waals surface area contributed by atoms with Crippen LogP contribution in [0, 0.1) is 10.1 Å². The Hall–Kier alpha value is -2.26. The summed E-state index contributed by atoms with van der Waals surface area (Å²) < 4.78 is 0.174. The normalized spacial score (nSPS) is 17.9. The molecule has 1 N–H and O–H groups in total. The van der Waals surface area contributed by atoms with Crippen LogP contribution in [0.5, 0.6) is 0 Å². The summed E-state index contributed by atoms with van der Waals surface area (Å²) in [6.07, 6.45) is 1.53. The number of aliphatic carboxylic acids is 1. The summed E-state index contributed by atoms with van der Waals surface area (Å²) in [5, 5.41) is 19.6. The highest BCUT2D eigenvalue weighted by atomic mass is 32.2. The minimum absolute atomic E-state index is 0.0517. The van der Waals surface area contributed by atoms with E-state index in [9.17, 15) is 19.7 Å². The lowest BCUT2D eigenvalue weighted by atomic mass is 10.2. The number of benzene rings is 1. The number of thioether (sulfide) groups is 1. The number of hydrogen-bond donors (Lipinski definition) is 1. The Bertz CT molecular complexity index is 699. The standard InChI is InChI=1S/C13H10N2O5S2/c1-7(12(17)18)14-11(16)10(22-13(14)21)6-8-2-4-9(5-3-8)15(19)20/h2-7H,1H3,(H,17,18)/b10-6-. The molecule has 1 aromatic rings. The Morgan fingerprint density at radius 1 is 1.45 bits per heavy atom. The highest BCUT2D eigenvalue weighted by Gasteiger charge is 2.38. The molecule has 1 amide bonds. The molecule has 0 saturated carbocycles. The molecule has 1 saturated heterocycles. The Balaban J connectivity index is 2.26. The second kappa shape index (κ2) is 6.24. The molecule has 1 aliphatic rings. The van der Waals surface area contributed by atoms with Crippen molar-refractivity contribution in [2.75, 3.05) is 0 Å². The third kappa shape index (κ3) is 3.15. The summed E-state index contributed by atoms with van der Waals surface area (Å²) in [5.74, 6) is -1.63. The predicted molar refractivity (Wildman–Crippen MR) is 85.2 cm³/mol. The first-order chi connectivity index (χ1) is 10.3.